The monoisotopic (exact) mass is 1080 g/mol. The van der Waals surface area contributed by atoms with Gasteiger partial charge < -0.3 is 0 Å². The Morgan fingerprint density at radius 1 is 0.324 bits per heavy atom. The number of hydrogen-bond donors (Lipinski definition) is 0. The fourth-order valence-electron chi connectivity index (χ4n) is 9.38. The molecule has 0 nitrogen and oxygen atoms in total. The fourth-order valence-corrected chi connectivity index (χ4v) is 9.38. The van der Waals surface area contributed by atoms with Gasteiger partial charge in [-0.15, -0.1) is 0 Å². The molecule has 0 saturated carbocycles. The second-order valence-corrected chi connectivity index (χ2v) is 27.4. The van der Waals surface area contributed by atoms with Crippen LogP contribution in [0.15, 0.2) is 0 Å². The molecule has 4 atom stereocenters. The van der Waals surface area contributed by atoms with Crippen molar-refractivity contribution in [1.29, 1.82) is 0 Å². The van der Waals surface area contributed by atoms with Gasteiger partial charge in [0.05, 0.1) is 0 Å². The molecule has 0 amide bonds. The summed E-state index contributed by atoms with van der Waals surface area (Å²) < 4.78 is 79.2. The average Bonchev–Trinajstić information content (AvgIpc) is 3.28. The van der Waals surface area contributed by atoms with Crippen molar-refractivity contribution in [1.82, 2.24) is 0 Å². The molecule has 0 aliphatic carbocycles. The zero-order valence-corrected chi connectivity index (χ0v) is 58.0. The van der Waals surface area contributed by atoms with E-state index in [1.165, 1.54) is 25.7 Å². The third-order valence-electron chi connectivity index (χ3n) is 18.7. The molecule has 460 valence electrons. The Morgan fingerprint density at radius 2 is 0.622 bits per heavy atom. The minimum absolute atomic E-state index is 0.137. The summed E-state index contributed by atoms with van der Waals surface area (Å²) in [5.41, 5.74) is -4.41. The maximum atomic E-state index is 13.9. The maximum Gasteiger partial charge on any atom is 0.113 e. The van der Waals surface area contributed by atoms with E-state index in [9.17, 15) is 26.3 Å². The van der Waals surface area contributed by atoms with Gasteiger partial charge in [0.2, 0.25) is 0 Å². The highest BCUT2D eigenvalue weighted by Crippen LogP contribution is 2.44. The SMILES string of the molecule is CC(C)C(C(C)C)C(C)(C)F.CCC(C)(CC)C(C)(C)C.CCC(C)(CC)[C@@](C)(F)CC.CCC(C)(F)CC.CCC(CC)C(C)(C)C.CCC(CC)[C@@](C)(F)CC.CCC[C@@](C)(F)CC.CC[C@](C)(F)C(C)C. The van der Waals surface area contributed by atoms with E-state index < -0.39 is 34.0 Å². The molecule has 0 unspecified atom stereocenters. The lowest BCUT2D eigenvalue weighted by molar-refractivity contribution is 0.00941. The molecule has 0 aromatic rings. The topological polar surface area (TPSA) is 0 Å². The Balaban J connectivity index is -0.000000113. The largest absolute Gasteiger partial charge is 0.244 e. The minimum atomic E-state index is -1.04. The summed E-state index contributed by atoms with van der Waals surface area (Å²) in [5, 5.41) is 0. The normalized spacial score (nSPS) is 15.6. The zero-order valence-electron chi connectivity index (χ0n) is 58.0. The second-order valence-electron chi connectivity index (χ2n) is 27.4. The molecule has 0 aliphatic heterocycles. The van der Waals surface area contributed by atoms with Gasteiger partial charge in [0.25, 0.3) is 0 Å². The molecule has 0 radical (unpaired) electrons. The zero-order chi connectivity index (χ0) is 61.8. The van der Waals surface area contributed by atoms with Crippen molar-refractivity contribution in [2.24, 2.45) is 57.2 Å². The third-order valence-corrected chi connectivity index (χ3v) is 18.7. The van der Waals surface area contributed by atoms with Gasteiger partial charge in [-0.1, -0.05) is 246 Å². The molecule has 0 aliphatic rings. The highest BCUT2D eigenvalue weighted by Gasteiger charge is 2.41. The smallest absolute Gasteiger partial charge is 0.113 e. The van der Waals surface area contributed by atoms with Crippen LogP contribution in [0.25, 0.3) is 0 Å². The van der Waals surface area contributed by atoms with E-state index in [0.29, 0.717) is 73.0 Å². The standard InChI is InChI=1S/2C10H21F.C10H22.C9H19F.C9H20.2C7H15F.C6H13F/c1-7(2)9(8(3)4)10(5,6)11;1-6-9(4,7-2)10(5,11)8-3;1-7-10(6,8-2)9(3,4)5;1-5-8(6-2)9(4,10)7-3;1-6-8(7-2)9(3,4)5;1-5-7(4,8)6(2)3;1-4-6-7(3,8)5-2;1-4-6(3,7)5-2/h7-9H,1-6H3;6-8H2,1-5H3;7-8H2,1-6H3;8H,5-7H2,1-4H3;8H,6-7H2,1-5H3;6H,5H2,1-4H3;4-6H2,1-3H3;4-5H2,1-3H3/t;10-;;9-;;2*7-;/m.0.0.00./s1. The molecule has 0 heterocycles. The predicted octanol–water partition coefficient (Wildman–Crippen LogP) is 26.7. The average molecular weight is 1080 g/mol. The summed E-state index contributed by atoms with van der Waals surface area (Å²) in [5.74, 6) is 2.31. The fraction of sp³-hybridized carbons (Fsp3) is 1.00. The van der Waals surface area contributed by atoms with Gasteiger partial charge in [-0.25, -0.2) is 26.3 Å². The molecule has 0 spiro atoms. The van der Waals surface area contributed by atoms with E-state index in [1.54, 1.807) is 48.5 Å². The van der Waals surface area contributed by atoms with Gasteiger partial charge in [-0.3, -0.25) is 0 Å². The first-order valence-electron chi connectivity index (χ1n) is 31.0. The summed E-state index contributed by atoms with van der Waals surface area (Å²) in [7, 11) is 0. The molecular formula is C68H146F6. The molecule has 0 fully saturated rings. The van der Waals surface area contributed by atoms with Crippen LogP contribution >= 0.6 is 0 Å². The summed E-state index contributed by atoms with van der Waals surface area (Å²) >= 11 is 0. The number of hydrogen-bond acceptors (Lipinski definition) is 0. The van der Waals surface area contributed by atoms with E-state index >= 15 is 0 Å². The van der Waals surface area contributed by atoms with Gasteiger partial charge >= 0.3 is 0 Å². The van der Waals surface area contributed by atoms with Crippen LogP contribution in [-0.4, -0.2) is 34.0 Å². The molecule has 0 aromatic carbocycles. The molecule has 74 heavy (non-hydrogen) atoms. The summed E-state index contributed by atoms with van der Waals surface area (Å²) in [6.07, 6.45) is 14.4. The lowest BCUT2D eigenvalue weighted by Gasteiger charge is -2.40. The molecule has 0 bridgehead atoms. The van der Waals surface area contributed by atoms with Crippen LogP contribution < -0.4 is 0 Å². The van der Waals surface area contributed by atoms with Gasteiger partial charge in [-0.05, 0) is 158 Å². The first-order chi connectivity index (χ1) is 32.9. The Hall–Kier alpha value is -0.420. The first kappa shape index (κ1) is 90.1. The minimum Gasteiger partial charge on any atom is -0.244 e. The molecule has 0 saturated heterocycles. The Bertz CT molecular complexity index is 1170. The predicted molar refractivity (Wildman–Crippen MR) is 332 cm³/mol. The lowest BCUT2D eigenvalue weighted by atomic mass is 9.65. The van der Waals surface area contributed by atoms with Crippen LogP contribution in [0.4, 0.5) is 26.3 Å². The third kappa shape index (κ3) is 42.5. The van der Waals surface area contributed by atoms with Crippen molar-refractivity contribution >= 4 is 0 Å². The van der Waals surface area contributed by atoms with Crippen molar-refractivity contribution in [3.63, 3.8) is 0 Å². The number of rotatable bonds is 22. The van der Waals surface area contributed by atoms with Crippen LogP contribution in [0.1, 0.15) is 352 Å². The van der Waals surface area contributed by atoms with Crippen molar-refractivity contribution in [2.45, 2.75) is 386 Å². The van der Waals surface area contributed by atoms with Crippen LogP contribution in [0, 0.1) is 57.2 Å². The van der Waals surface area contributed by atoms with Crippen LogP contribution in [0.3, 0.4) is 0 Å². The van der Waals surface area contributed by atoms with E-state index in [-0.39, 0.29) is 23.2 Å². The molecule has 0 rings (SSSR count). The van der Waals surface area contributed by atoms with E-state index in [1.807, 2.05) is 69.2 Å². The van der Waals surface area contributed by atoms with Crippen molar-refractivity contribution in [3.8, 4) is 0 Å². The summed E-state index contributed by atoms with van der Waals surface area (Å²) in [6.45, 7) is 73.0. The van der Waals surface area contributed by atoms with E-state index in [0.717, 1.165) is 38.0 Å². The molecule has 0 aromatic heterocycles. The van der Waals surface area contributed by atoms with Crippen molar-refractivity contribution < 1.29 is 26.3 Å². The molecular weight excluding hydrogens is 931 g/mol. The van der Waals surface area contributed by atoms with Gasteiger partial charge in [0.1, 0.15) is 34.0 Å². The first-order valence-corrected chi connectivity index (χ1v) is 31.0. The number of halogens is 6. The van der Waals surface area contributed by atoms with Gasteiger partial charge in [0.15, 0.2) is 0 Å². The van der Waals surface area contributed by atoms with Gasteiger partial charge in [0, 0.05) is 5.41 Å². The van der Waals surface area contributed by atoms with Crippen molar-refractivity contribution in [3.05, 3.63) is 0 Å². The van der Waals surface area contributed by atoms with E-state index in [4.69, 9.17) is 0 Å². The molecule has 6 heteroatoms. The van der Waals surface area contributed by atoms with E-state index in [2.05, 4.69) is 132 Å². The highest BCUT2D eigenvalue weighted by atomic mass is 19.2. The Kier molecular flexibility index (Phi) is 51.7. The van der Waals surface area contributed by atoms with Gasteiger partial charge in [-0.2, -0.15) is 0 Å². The Labute approximate surface area is 467 Å². The van der Waals surface area contributed by atoms with Crippen molar-refractivity contribution in [2.75, 3.05) is 0 Å². The summed E-state index contributed by atoms with van der Waals surface area (Å²) in [6, 6.07) is 0. The molecule has 0 N–H and O–H groups in total. The summed E-state index contributed by atoms with van der Waals surface area (Å²) in [4.78, 5) is 0. The number of alkyl halides is 6. The van der Waals surface area contributed by atoms with Crippen LogP contribution in [0.2, 0.25) is 0 Å². The lowest BCUT2D eigenvalue weighted by Crippen LogP contribution is -2.38. The Morgan fingerprint density at radius 3 is 0.662 bits per heavy atom. The highest BCUT2D eigenvalue weighted by molar-refractivity contribution is 4.90. The quantitative estimate of drug-likeness (QED) is 0.0948. The maximum absolute atomic E-state index is 13.9. The van der Waals surface area contributed by atoms with Crippen LogP contribution in [-0.2, 0) is 0 Å². The van der Waals surface area contributed by atoms with Crippen LogP contribution in [0.5, 0.6) is 0 Å². The second kappa shape index (κ2) is 42.5.